The number of pyridine rings is 1. The second-order valence-electron chi connectivity index (χ2n) is 3.35. The Bertz CT molecular complexity index is 450. The zero-order chi connectivity index (χ0) is 10.1. The van der Waals surface area contributed by atoms with E-state index in [0.717, 1.165) is 16.6 Å². The SMILES string of the molecule is Cn1c(C(N)CO)cc2cnccc21. The van der Waals surface area contributed by atoms with Crippen LogP contribution in [0.4, 0.5) is 0 Å². The number of aromatic nitrogens is 2. The van der Waals surface area contributed by atoms with Crippen molar-refractivity contribution in [3.05, 3.63) is 30.2 Å². The van der Waals surface area contributed by atoms with Gasteiger partial charge >= 0.3 is 0 Å². The third-order valence-corrected chi connectivity index (χ3v) is 2.46. The number of aryl methyl sites for hydroxylation is 1. The monoisotopic (exact) mass is 191 g/mol. The van der Waals surface area contributed by atoms with Crippen LogP contribution in [-0.2, 0) is 7.05 Å². The molecule has 4 heteroatoms. The highest BCUT2D eigenvalue weighted by Crippen LogP contribution is 2.20. The van der Waals surface area contributed by atoms with E-state index < -0.39 is 0 Å². The second-order valence-corrected chi connectivity index (χ2v) is 3.35. The van der Waals surface area contributed by atoms with Crippen molar-refractivity contribution in [2.75, 3.05) is 6.61 Å². The first-order valence-electron chi connectivity index (χ1n) is 4.50. The maximum atomic E-state index is 8.98. The lowest BCUT2D eigenvalue weighted by Crippen LogP contribution is -2.17. The number of nitrogens with zero attached hydrogens (tertiary/aromatic N) is 2. The van der Waals surface area contributed by atoms with E-state index in [1.54, 1.807) is 12.4 Å². The molecule has 0 radical (unpaired) electrons. The molecule has 0 aliphatic rings. The van der Waals surface area contributed by atoms with Crippen molar-refractivity contribution in [2.45, 2.75) is 6.04 Å². The highest BCUT2D eigenvalue weighted by molar-refractivity contribution is 5.80. The van der Waals surface area contributed by atoms with Gasteiger partial charge < -0.3 is 15.4 Å². The Morgan fingerprint density at radius 2 is 2.43 bits per heavy atom. The summed E-state index contributed by atoms with van der Waals surface area (Å²) in [7, 11) is 1.94. The van der Waals surface area contributed by atoms with Crippen LogP contribution in [0.1, 0.15) is 11.7 Å². The molecule has 1 unspecified atom stereocenters. The van der Waals surface area contributed by atoms with Gasteiger partial charge in [0.15, 0.2) is 0 Å². The van der Waals surface area contributed by atoms with Crippen molar-refractivity contribution in [3.63, 3.8) is 0 Å². The fraction of sp³-hybridized carbons (Fsp3) is 0.300. The van der Waals surface area contributed by atoms with Gasteiger partial charge in [-0.15, -0.1) is 0 Å². The van der Waals surface area contributed by atoms with E-state index in [4.69, 9.17) is 10.8 Å². The van der Waals surface area contributed by atoms with Gasteiger partial charge in [0.1, 0.15) is 0 Å². The van der Waals surface area contributed by atoms with Crippen molar-refractivity contribution < 1.29 is 5.11 Å². The molecule has 0 amide bonds. The molecule has 0 saturated heterocycles. The highest BCUT2D eigenvalue weighted by atomic mass is 16.3. The van der Waals surface area contributed by atoms with Gasteiger partial charge in [0.05, 0.1) is 18.2 Å². The van der Waals surface area contributed by atoms with Gasteiger partial charge in [-0.1, -0.05) is 0 Å². The van der Waals surface area contributed by atoms with Crippen molar-refractivity contribution in [2.24, 2.45) is 12.8 Å². The van der Waals surface area contributed by atoms with Gasteiger partial charge in [-0.2, -0.15) is 0 Å². The molecule has 2 rings (SSSR count). The van der Waals surface area contributed by atoms with Crippen LogP contribution in [0, 0.1) is 0 Å². The van der Waals surface area contributed by atoms with Crippen LogP contribution >= 0.6 is 0 Å². The zero-order valence-corrected chi connectivity index (χ0v) is 8.01. The molecule has 2 aromatic rings. The third kappa shape index (κ3) is 1.29. The molecule has 74 valence electrons. The lowest BCUT2D eigenvalue weighted by Gasteiger charge is -2.09. The van der Waals surface area contributed by atoms with E-state index in [0.29, 0.717) is 0 Å². The minimum atomic E-state index is -0.326. The summed E-state index contributed by atoms with van der Waals surface area (Å²) in [6, 6.07) is 3.57. The van der Waals surface area contributed by atoms with Crippen LogP contribution < -0.4 is 5.73 Å². The molecule has 0 spiro atoms. The summed E-state index contributed by atoms with van der Waals surface area (Å²) in [5.41, 5.74) is 7.78. The molecule has 1 atom stereocenters. The number of aliphatic hydroxyl groups excluding tert-OH is 1. The van der Waals surface area contributed by atoms with Crippen molar-refractivity contribution in [3.8, 4) is 0 Å². The van der Waals surface area contributed by atoms with Crippen LogP contribution in [0.5, 0.6) is 0 Å². The molecule has 0 bridgehead atoms. The topological polar surface area (TPSA) is 64.1 Å². The Labute approximate surface area is 82.0 Å². The Morgan fingerprint density at radius 3 is 3.07 bits per heavy atom. The molecule has 0 aliphatic carbocycles. The number of nitrogens with two attached hydrogens (primary N) is 1. The Morgan fingerprint density at radius 1 is 1.64 bits per heavy atom. The largest absolute Gasteiger partial charge is 0.394 e. The fourth-order valence-corrected chi connectivity index (χ4v) is 1.66. The van der Waals surface area contributed by atoms with E-state index in [-0.39, 0.29) is 12.6 Å². The number of hydrogen-bond acceptors (Lipinski definition) is 3. The summed E-state index contributed by atoms with van der Waals surface area (Å²) in [4.78, 5) is 4.04. The van der Waals surface area contributed by atoms with Gasteiger partial charge in [0.25, 0.3) is 0 Å². The van der Waals surface area contributed by atoms with Crippen LogP contribution in [0.2, 0.25) is 0 Å². The summed E-state index contributed by atoms with van der Waals surface area (Å²) >= 11 is 0. The zero-order valence-electron chi connectivity index (χ0n) is 8.01. The lowest BCUT2D eigenvalue weighted by atomic mass is 10.2. The van der Waals surface area contributed by atoms with Gasteiger partial charge in [-0.25, -0.2) is 0 Å². The van der Waals surface area contributed by atoms with Crippen LogP contribution in [0.25, 0.3) is 10.9 Å². The van der Waals surface area contributed by atoms with Gasteiger partial charge in [0, 0.05) is 30.5 Å². The molecular formula is C10H13N3O. The molecule has 0 saturated carbocycles. The van der Waals surface area contributed by atoms with Crippen LogP contribution in [-0.4, -0.2) is 21.3 Å². The summed E-state index contributed by atoms with van der Waals surface area (Å²) in [5, 5.41) is 10.0. The number of fused-ring (bicyclic) bond motifs is 1. The summed E-state index contributed by atoms with van der Waals surface area (Å²) in [5.74, 6) is 0. The first-order valence-corrected chi connectivity index (χ1v) is 4.50. The van der Waals surface area contributed by atoms with E-state index in [1.807, 2.05) is 23.7 Å². The molecule has 0 aromatic carbocycles. The number of aliphatic hydroxyl groups is 1. The van der Waals surface area contributed by atoms with Crippen LogP contribution in [0.3, 0.4) is 0 Å². The fourth-order valence-electron chi connectivity index (χ4n) is 1.66. The average molecular weight is 191 g/mol. The second kappa shape index (κ2) is 3.40. The first kappa shape index (κ1) is 9.18. The van der Waals surface area contributed by atoms with E-state index >= 15 is 0 Å². The van der Waals surface area contributed by atoms with Crippen molar-refractivity contribution >= 4 is 10.9 Å². The quantitative estimate of drug-likeness (QED) is 0.729. The summed E-state index contributed by atoms with van der Waals surface area (Å²) < 4.78 is 1.98. The molecule has 4 nitrogen and oxygen atoms in total. The Hall–Kier alpha value is -1.39. The predicted octanol–water partition coefficient (Wildman–Crippen LogP) is 0.565. The minimum absolute atomic E-state index is 0.0441. The molecular weight excluding hydrogens is 178 g/mol. The Balaban J connectivity index is 2.62. The number of hydrogen-bond donors (Lipinski definition) is 2. The van der Waals surface area contributed by atoms with Gasteiger partial charge in [0.2, 0.25) is 0 Å². The standard InChI is InChI=1S/C10H13N3O/c1-13-9-2-3-12-5-7(9)4-10(13)8(11)6-14/h2-5,8,14H,6,11H2,1H3. The van der Waals surface area contributed by atoms with E-state index in [2.05, 4.69) is 4.98 Å². The highest BCUT2D eigenvalue weighted by Gasteiger charge is 2.11. The van der Waals surface area contributed by atoms with E-state index in [1.165, 1.54) is 0 Å². The first-order chi connectivity index (χ1) is 6.74. The minimum Gasteiger partial charge on any atom is -0.394 e. The average Bonchev–Trinajstić information content (AvgIpc) is 2.56. The predicted molar refractivity (Wildman–Crippen MR) is 54.7 cm³/mol. The number of rotatable bonds is 2. The molecule has 0 aliphatic heterocycles. The Kier molecular flexibility index (Phi) is 2.23. The molecule has 2 aromatic heterocycles. The van der Waals surface area contributed by atoms with Crippen molar-refractivity contribution in [1.29, 1.82) is 0 Å². The lowest BCUT2D eigenvalue weighted by molar-refractivity contribution is 0.264. The molecule has 3 N–H and O–H groups in total. The molecule has 2 heterocycles. The maximum Gasteiger partial charge on any atom is 0.0685 e. The van der Waals surface area contributed by atoms with Crippen molar-refractivity contribution in [1.82, 2.24) is 9.55 Å². The van der Waals surface area contributed by atoms with Gasteiger partial charge in [-0.3, -0.25) is 4.98 Å². The summed E-state index contributed by atoms with van der Waals surface area (Å²) in [6.45, 7) is -0.0441. The van der Waals surface area contributed by atoms with Crippen LogP contribution in [0.15, 0.2) is 24.5 Å². The molecule has 14 heavy (non-hydrogen) atoms. The smallest absolute Gasteiger partial charge is 0.0685 e. The maximum absolute atomic E-state index is 8.98. The normalized spacial score (nSPS) is 13.4. The third-order valence-electron chi connectivity index (χ3n) is 2.46. The van der Waals surface area contributed by atoms with E-state index in [9.17, 15) is 0 Å². The van der Waals surface area contributed by atoms with Gasteiger partial charge in [-0.05, 0) is 12.1 Å². The molecule has 0 fully saturated rings. The summed E-state index contributed by atoms with van der Waals surface area (Å²) in [6.07, 6.45) is 3.54.